The number of halogens is 2. The molecule has 7 heteroatoms. The largest absolute Gasteiger partial charge is 0.375 e. The summed E-state index contributed by atoms with van der Waals surface area (Å²) in [5.74, 6) is 0.799. The van der Waals surface area contributed by atoms with E-state index >= 15 is 0 Å². The molecular weight excluding hydrogens is 385 g/mol. The number of carbonyl (C=O) groups is 1. The Morgan fingerprint density at radius 1 is 1.26 bits per heavy atom. The van der Waals surface area contributed by atoms with Crippen LogP contribution in [0.1, 0.15) is 37.8 Å². The molecule has 3 rings (SSSR count). The minimum atomic E-state index is -0.260. The highest BCUT2D eigenvalue weighted by atomic mass is 35.5. The monoisotopic (exact) mass is 417 g/mol. The van der Waals surface area contributed by atoms with Crippen molar-refractivity contribution < 1.29 is 9.53 Å². The fourth-order valence-corrected chi connectivity index (χ4v) is 3.88. The third kappa shape index (κ3) is 6.91. The van der Waals surface area contributed by atoms with Crippen molar-refractivity contribution >= 4 is 30.7 Å². The summed E-state index contributed by atoms with van der Waals surface area (Å²) in [4.78, 5) is 15.0. The van der Waals surface area contributed by atoms with Crippen molar-refractivity contribution in [2.45, 2.75) is 51.9 Å². The smallest absolute Gasteiger partial charge is 0.240 e. The van der Waals surface area contributed by atoms with Crippen LogP contribution in [0.4, 0.5) is 0 Å². The van der Waals surface area contributed by atoms with Crippen LogP contribution in [-0.2, 0) is 22.6 Å². The Bertz CT molecular complexity index is 588. The first-order chi connectivity index (χ1) is 12.1. The molecule has 0 saturated carbocycles. The van der Waals surface area contributed by atoms with E-state index in [4.69, 9.17) is 4.74 Å². The first kappa shape index (κ1) is 24.2. The van der Waals surface area contributed by atoms with Crippen molar-refractivity contribution in [3.63, 3.8) is 0 Å². The van der Waals surface area contributed by atoms with Gasteiger partial charge in [0, 0.05) is 26.2 Å². The van der Waals surface area contributed by atoms with Crippen molar-refractivity contribution in [2.75, 3.05) is 26.2 Å². The van der Waals surface area contributed by atoms with Gasteiger partial charge >= 0.3 is 0 Å². The summed E-state index contributed by atoms with van der Waals surface area (Å²) in [6.45, 7) is 9.56. The summed E-state index contributed by atoms with van der Waals surface area (Å²) in [6, 6.07) is 8.19. The second-order valence-electron chi connectivity index (χ2n) is 7.48. The molecule has 2 fully saturated rings. The molecule has 2 aliphatic rings. The molecule has 2 N–H and O–H groups in total. The first-order valence-electron chi connectivity index (χ1n) is 9.55. The van der Waals surface area contributed by atoms with Gasteiger partial charge in [0.1, 0.15) is 6.04 Å². The van der Waals surface area contributed by atoms with Gasteiger partial charge in [-0.1, -0.05) is 31.2 Å². The lowest BCUT2D eigenvalue weighted by molar-refractivity contribution is -0.129. The molecule has 2 saturated heterocycles. The number of ether oxygens (including phenoxy) is 1. The number of morpholine rings is 1. The summed E-state index contributed by atoms with van der Waals surface area (Å²) >= 11 is 0. The van der Waals surface area contributed by atoms with Gasteiger partial charge in [0.05, 0.1) is 12.7 Å². The zero-order valence-electron chi connectivity index (χ0n) is 16.3. The van der Waals surface area contributed by atoms with Crippen LogP contribution in [0, 0.1) is 5.92 Å². The maximum absolute atomic E-state index is 12.5. The fourth-order valence-electron chi connectivity index (χ4n) is 3.88. The average molecular weight is 418 g/mol. The summed E-state index contributed by atoms with van der Waals surface area (Å²) in [6.07, 6.45) is 2.53. The molecule has 27 heavy (non-hydrogen) atoms. The fraction of sp³-hybridized carbons (Fsp3) is 0.650. The van der Waals surface area contributed by atoms with Gasteiger partial charge in [-0.05, 0) is 43.4 Å². The highest BCUT2D eigenvalue weighted by Crippen LogP contribution is 2.19. The Labute approximate surface area is 175 Å². The van der Waals surface area contributed by atoms with Gasteiger partial charge < -0.3 is 15.4 Å². The number of hydrogen-bond acceptors (Lipinski definition) is 4. The van der Waals surface area contributed by atoms with Crippen molar-refractivity contribution in [2.24, 2.45) is 5.92 Å². The molecule has 1 aromatic carbocycles. The number of piperidine rings is 1. The van der Waals surface area contributed by atoms with E-state index < -0.39 is 0 Å². The molecule has 0 radical (unpaired) electrons. The molecule has 0 aliphatic carbocycles. The van der Waals surface area contributed by atoms with Crippen LogP contribution in [0.3, 0.4) is 0 Å². The third-order valence-electron chi connectivity index (χ3n) is 5.31. The van der Waals surface area contributed by atoms with E-state index in [1.165, 1.54) is 37.1 Å². The Morgan fingerprint density at radius 2 is 2.00 bits per heavy atom. The lowest BCUT2D eigenvalue weighted by Crippen LogP contribution is -2.55. The highest BCUT2D eigenvalue weighted by molar-refractivity contribution is 5.85. The van der Waals surface area contributed by atoms with E-state index in [0.717, 1.165) is 19.0 Å². The van der Waals surface area contributed by atoms with Gasteiger partial charge in [0.25, 0.3) is 0 Å². The van der Waals surface area contributed by atoms with Gasteiger partial charge in [0.2, 0.25) is 5.91 Å². The second-order valence-corrected chi connectivity index (χ2v) is 7.48. The maximum Gasteiger partial charge on any atom is 0.240 e. The predicted octanol–water partition coefficient (Wildman–Crippen LogP) is 2.76. The van der Waals surface area contributed by atoms with Crippen LogP contribution in [0.5, 0.6) is 0 Å². The second kappa shape index (κ2) is 11.9. The molecule has 0 aromatic heterocycles. The van der Waals surface area contributed by atoms with Crippen molar-refractivity contribution in [3.05, 3.63) is 35.4 Å². The molecule has 3 atom stereocenters. The van der Waals surface area contributed by atoms with Gasteiger partial charge in [-0.2, -0.15) is 0 Å². The number of benzene rings is 1. The van der Waals surface area contributed by atoms with E-state index in [1.54, 1.807) is 0 Å². The number of carbonyl (C=O) groups excluding carboxylic acids is 1. The zero-order valence-corrected chi connectivity index (χ0v) is 17.9. The lowest BCUT2D eigenvalue weighted by Gasteiger charge is -2.31. The molecule has 1 amide bonds. The SMILES string of the molecule is CC1CCCN(Cc2ccccc2CNC(=O)[C@H]2NCCO[C@@H]2C)C1.Cl.Cl. The molecule has 1 aromatic rings. The van der Waals surface area contributed by atoms with Gasteiger partial charge in [0.15, 0.2) is 0 Å². The average Bonchev–Trinajstić information content (AvgIpc) is 2.61. The normalized spacial score (nSPS) is 25.8. The van der Waals surface area contributed by atoms with E-state index in [9.17, 15) is 4.79 Å². The van der Waals surface area contributed by atoms with Gasteiger partial charge in [-0.15, -0.1) is 24.8 Å². The lowest BCUT2D eigenvalue weighted by atomic mass is 9.99. The number of nitrogens with zero attached hydrogens (tertiary/aromatic N) is 1. The molecule has 154 valence electrons. The molecule has 5 nitrogen and oxygen atoms in total. The Balaban J connectivity index is 0.00000182. The van der Waals surface area contributed by atoms with Crippen LogP contribution in [0.15, 0.2) is 24.3 Å². The summed E-state index contributed by atoms with van der Waals surface area (Å²) in [7, 11) is 0. The number of likely N-dealkylation sites (tertiary alicyclic amines) is 1. The quantitative estimate of drug-likeness (QED) is 0.772. The van der Waals surface area contributed by atoms with E-state index in [1.807, 2.05) is 6.92 Å². The highest BCUT2D eigenvalue weighted by Gasteiger charge is 2.28. The number of amides is 1. The Morgan fingerprint density at radius 3 is 2.70 bits per heavy atom. The summed E-state index contributed by atoms with van der Waals surface area (Å²) in [5.41, 5.74) is 2.52. The van der Waals surface area contributed by atoms with Crippen molar-refractivity contribution in [1.29, 1.82) is 0 Å². The summed E-state index contributed by atoms with van der Waals surface area (Å²) < 4.78 is 5.57. The van der Waals surface area contributed by atoms with Gasteiger partial charge in [-0.3, -0.25) is 9.69 Å². The van der Waals surface area contributed by atoms with E-state index in [0.29, 0.717) is 13.2 Å². The van der Waals surface area contributed by atoms with Crippen LogP contribution < -0.4 is 10.6 Å². The minimum Gasteiger partial charge on any atom is -0.375 e. The molecule has 1 unspecified atom stereocenters. The summed E-state index contributed by atoms with van der Waals surface area (Å²) in [5, 5.41) is 6.33. The van der Waals surface area contributed by atoms with Crippen LogP contribution >= 0.6 is 24.8 Å². The standard InChI is InChI=1S/C20H31N3O2.2ClH/c1-15-6-5-10-23(13-15)14-18-8-4-3-7-17(18)12-22-20(24)19-16(2)25-11-9-21-19;;/h3-4,7-8,15-16,19,21H,5-6,9-14H2,1-2H3,(H,22,24);2*1H/t15?,16-,19+;;/m1../s1. The zero-order chi connectivity index (χ0) is 17.6. The molecule has 2 heterocycles. The minimum absolute atomic E-state index is 0. The molecular formula is C20H33Cl2N3O2. The van der Waals surface area contributed by atoms with E-state index in [2.05, 4.69) is 46.7 Å². The van der Waals surface area contributed by atoms with Crippen LogP contribution in [0.2, 0.25) is 0 Å². The number of rotatable bonds is 5. The van der Waals surface area contributed by atoms with Crippen LogP contribution in [-0.4, -0.2) is 49.2 Å². The van der Waals surface area contributed by atoms with Gasteiger partial charge in [-0.25, -0.2) is 0 Å². The topological polar surface area (TPSA) is 53.6 Å². The predicted molar refractivity (Wildman–Crippen MR) is 114 cm³/mol. The Hall–Kier alpha value is -0.850. The number of nitrogens with one attached hydrogen (secondary N) is 2. The third-order valence-corrected chi connectivity index (χ3v) is 5.31. The van der Waals surface area contributed by atoms with Crippen molar-refractivity contribution in [3.8, 4) is 0 Å². The molecule has 0 spiro atoms. The Kier molecular flexibility index (Phi) is 10.6. The molecule has 0 bridgehead atoms. The number of hydrogen-bond donors (Lipinski definition) is 2. The van der Waals surface area contributed by atoms with Crippen LogP contribution in [0.25, 0.3) is 0 Å². The molecule has 2 aliphatic heterocycles. The maximum atomic E-state index is 12.5. The van der Waals surface area contributed by atoms with E-state index in [-0.39, 0.29) is 42.9 Å². The first-order valence-corrected chi connectivity index (χ1v) is 9.55. The van der Waals surface area contributed by atoms with Crippen molar-refractivity contribution in [1.82, 2.24) is 15.5 Å².